The SMILES string of the molecule is CC(C)n1c(SCc2cccc(Cl)c2)nnc1-c1csc2ccccc12. The van der Waals surface area contributed by atoms with Crippen LogP contribution < -0.4 is 0 Å². The van der Waals surface area contributed by atoms with Crippen molar-refractivity contribution in [3.05, 3.63) is 64.5 Å². The lowest BCUT2D eigenvalue weighted by atomic mass is 10.1. The van der Waals surface area contributed by atoms with Crippen LogP contribution in [0.5, 0.6) is 0 Å². The van der Waals surface area contributed by atoms with Crippen LogP contribution in [-0.4, -0.2) is 14.8 Å². The Hall–Kier alpha value is -1.82. The monoisotopic (exact) mass is 399 g/mol. The summed E-state index contributed by atoms with van der Waals surface area (Å²) in [5.74, 6) is 1.75. The van der Waals surface area contributed by atoms with E-state index in [1.54, 1.807) is 23.1 Å². The summed E-state index contributed by atoms with van der Waals surface area (Å²) >= 11 is 9.54. The van der Waals surface area contributed by atoms with Crippen molar-refractivity contribution in [3.8, 4) is 11.4 Å². The molecule has 0 aliphatic rings. The maximum Gasteiger partial charge on any atom is 0.192 e. The molecule has 4 rings (SSSR count). The lowest BCUT2D eigenvalue weighted by Crippen LogP contribution is -2.05. The average Bonchev–Trinajstić information content (AvgIpc) is 3.23. The van der Waals surface area contributed by atoms with Gasteiger partial charge >= 0.3 is 0 Å². The van der Waals surface area contributed by atoms with Gasteiger partial charge in [0.05, 0.1) is 0 Å². The van der Waals surface area contributed by atoms with Crippen LogP contribution in [-0.2, 0) is 5.75 Å². The zero-order valence-electron chi connectivity index (χ0n) is 14.5. The number of nitrogens with zero attached hydrogens (tertiary/aromatic N) is 3. The van der Waals surface area contributed by atoms with Gasteiger partial charge in [-0.25, -0.2) is 0 Å². The number of fused-ring (bicyclic) bond motifs is 1. The van der Waals surface area contributed by atoms with Crippen molar-refractivity contribution in [1.29, 1.82) is 0 Å². The second-order valence-electron chi connectivity index (χ2n) is 6.33. The van der Waals surface area contributed by atoms with Gasteiger partial charge < -0.3 is 0 Å². The molecule has 132 valence electrons. The summed E-state index contributed by atoms with van der Waals surface area (Å²) in [5, 5.41) is 14.1. The quantitative estimate of drug-likeness (QED) is 0.350. The van der Waals surface area contributed by atoms with Gasteiger partial charge in [0.1, 0.15) is 0 Å². The van der Waals surface area contributed by atoms with Gasteiger partial charge in [0.15, 0.2) is 11.0 Å². The summed E-state index contributed by atoms with van der Waals surface area (Å²) in [7, 11) is 0. The van der Waals surface area contributed by atoms with E-state index >= 15 is 0 Å². The fraction of sp³-hybridized carbons (Fsp3) is 0.200. The Labute approximate surface area is 166 Å². The van der Waals surface area contributed by atoms with Crippen LogP contribution in [0.4, 0.5) is 0 Å². The van der Waals surface area contributed by atoms with E-state index in [9.17, 15) is 0 Å². The fourth-order valence-electron chi connectivity index (χ4n) is 2.95. The second kappa shape index (κ2) is 7.43. The Morgan fingerprint density at radius 1 is 1.12 bits per heavy atom. The van der Waals surface area contributed by atoms with Gasteiger partial charge in [0, 0.05) is 37.8 Å². The minimum atomic E-state index is 0.278. The molecule has 0 amide bonds. The number of halogens is 1. The predicted molar refractivity (Wildman–Crippen MR) is 112 cm³/mol. The Kier molecular flexibility index (Phi) is 5.02. The zero-order chi connectivity index (χ0) is 18.1. The number of benzene rings is 2. The molecule has 0 aliphatic carbocycles. The number of hydrogen-bond acceptors (Lipinski definition) is 4. The lowest BCUT2D eigenvalue weighted by molar-refractivity contribution is 0.555. The first kappa shape index (κ1) is 17.6. The van der Waals surface area contributed by atoms with Crippen molar-refractivity contribution in [2.75, 3.05) is 0 Å². The zero-order valence-corrected chi connectivity index (χ0v) is 16.9. The summed E-state index contributed by atoms with van der Waals surface area (Å²) < 4.78 is 3.50. The molecular weight excluding hydrogens is 382 g/mol. The second-order valence-corrected chi connectivity index (χ2v) is 8.62. The fourth-order valence-corrected chi connectivity index (χ4v) is 5.11. The molecule has 3 nitrogen and oxygen atoms in total. The number of thiophene rings is 1. The van der Waals surface area contributed by atoms with Crippen LogP contribution in [0.25, 0.3) is 21.5 Å². The van der Waals surface area contributed by atoms with Crippen molar-refractivity contribution in [2.24, 2.45) is 0 Å². The van der Waals surface area contributed by atoms with Crippen molar-refractivity contribution in [2.45, 2.75) is 30.8 Å². The molecule has 2 heterocycles. The molecule has 0 spiro atoms. The third-order valence-corrected chi connectivity index (χ3v) is 6.37. The highest BCUT2D eigenvalue weighted by Crippen LogP contribution is 2.36. The molecule has 0 unspecified atom stereocenters. The predicted octanol–water partition coefficient (Wildman–Crippen LogP) is 6.69. The Balaban J connectivity index is 1.69. The van der Waals surface area contributed by atoms with Crippen LogP contribution in [0.3, 0.4) is 0 Å². The topological polar surface area (TPSA) is 30.7 Å². The van der Waals surface area contributed by atoms with Gasteiger partial charge in [-0.3, -0.25) is 4.57 Å². The van der Waals surface area contributed by atoms with Crippen LogP contribution >= 0.6 is 34.7 Å². The van der Waals surface area contributed by atoms with Gasteiger partial charge in [0.2, 0.25) is 0 Å². The highest BCUT2D eigenvalue weighted by atomic mass is 35.5. The summed E-state index contributed by atoms with van der Waals surface area (Å²) in [5.41, 5.74) is 2.34. The largest absolute Gasteiger partial charge is 0.299 e. The lowest BCUT2D eigenvalue weighted by Gasteiger charge is -2.13. The third-order valence-electron chi connectivity index (χ3n) is 4.16. The molecule has 6 heteroatoms. The summed E-state index contributed by atoms with van der Waals surface area (Å²) in [6.45, 7) is 4.34. The van der Waals surface area contributed by atoms with Crippen molar-refractivity contribution in [1.82, 2.24) is 14.8 Å². The summed E-state index contributed by atoms with van der Waals surface area (Å²) in [6.07, 6.45) is 0. The smallest absolute Gasteiger partial charge is 0.192 e. The highest BCUT2D eigenvalue weighted by Gasteiger charge is 2.19. The van der Waals surface area contributed by atoms with Gasteiger partial charge in [-0.15, -0.1) is 21.5 Å². The maximum absolute atomic E-state index is 6.09. The molecule has 2 aromatic carbocycles. The van der Waals surface area contributed by atoms with E-state index in [2.05, 4.69) is 64.3 Å². The molecule has 0 bridgehead atoms. The molecule has 4 aromatic rings. The Bertz CT molecular complexity index is 1050. The minimum absolute atomic E-state index is 0.278. The first-order chi connectivity index (χ1) is 12.6. The van der Waals surface area contributed by atoms with E-state index in [0.717, 1.165) is 27.3 Å². The van der Waals surface area contributed by atoms with E-state index in [0.29, 0.717) is 0 Å². The maximum atomic E-state index is 6.09. The number of rotatable bonds is 5. The molecular formula is C20H18ClN3S2. The molecule has 0 saturated heterocycles. The first-order valence-corrected chi connectivity index (χ1v) is 10.7. The average molecular weight is 400 g/mol. The van der Waals surface area contributed by atoms with Gasteiger partial charge in [-0.2, -0.15) is 0 Å². The van der Waals surface area contributed by atoms with Crippen LogP contribution in [0.15, 0.2) is 59.1 Å². The molecule has 0 aliphatic heterocycles. The molecule has 0 atom stereocenters. The summed E-state index contributed by atoms with van der Waals surface area (Å²) in [4.78, 5) is 0. The molecule has 26 heavy (non-hydrogen) atoms. The van der Waals surface area contributed by atoms with Crippen molar-refractivity contribution >= 4 is 44.8 Å². The Morgan fingerprint density at radius 3 is 2.77 bits per heavy atom. The van der Waals surface area contributed by atoms with E-state index in [-0.39, 0.29) is 6.04 Å². The van der Waals surface area contributed by atoms with E-state index in [1.807, 2.05) is 18.2 Å². The Morgan fingerprint density at radius 2 is 1.96 bits per heavy atom. The molecule has 0 radical (unpaired) electrons. The van der Waals surface area contributed by atoms with E-state index < -0.39 is 0 Å². The van der Waals surface area contributed by atoms with Crippen molar-refractivity contribution in [3.63, 3.8) is 0 Å². The van der Waals surface area contributed by atoms with Crippen LogP contribution in [0, 0.1) is 0 Å². The molecule has 0 fully saturated rings. The standard InChI is InChI=1S/C20H18ClN3S2/c1-13(2)24-19(17-12-25-18-9-4-3-8-16(17)18)22-23-20(24)26-11-14-6-5-7-15(21)10-14/h3-10,12-13H,11H2,1-2H3. The normalized spacial score (nSPS) is 11.5. The van der Waals surface area contributed by atoms with E-state index in [4.69, 9.17) is 11.6 Å². The van der Waals surface area contributed by atoms with Crippen LogP contribution in [0.2, 0.25) is 5.02 Å². The van der Waals surface area contributed by atoms with Gasteiger partial charge in [-0.1, -0.05) is 53.7 Å². The summed E-state index contributed by atoms with van der Waals surface area (Å²) in [6, 6.07) is 16.7. The number of thioether (sulfide) groups is 1. The minimum Gasteiger partial charge on any atom is -0.299 e. The third kappa shape index (κ3) is 3.39. The molecule has 0 N–H and O–H groups in total. The molecule has 2 aromatic heterocycles. The van der Waals surface area contributed by atoms with Crippen molar-refractivity contribution < 1.29 is 0 Å². The van der Waals surface area contributed by atoms with Gasteiger partial charge in [0.25, 0.3) is 0 Å². The molecule has 0 saturated carbocycles. The first-order valence-electron chi connectivity index (χ1n) is 8.42. The number of hydrogen-bond donors (Lipinski definition) is 0. The number of aromatic nitrogens is 3. The van der Waals surface area contributed by atoms with E-state index in [1.165, 1.54) is 15.6 Å². The van der Waals surface area contributed by atoms with Gasteiger partial charge in [-0.05, 0) is 37.6 Å². The highest BCUT2D eigenvalue weighted by molar-refractivity contribution is 7.98. The van der Waals surface area contributed by atoms with Crippen LogP contribution in [0.1, 0.15) is 25.5 Å².